The predicted molar refractivity (Wildman–Crippen MR) is 106 cm³/mol. The topological polar surface area (TPSA) is 128 Å². The molecule has 156 valence electrons. The van der Waals surface area contributed by atoms with Crippen molar-refractivity contribution >= 4 is 34.8 Å². The van der Waals surface area contributed by atoms with Crippen LogP contribution in [0, 0.1) is 10.1 Å². The number of ether oxygens (including phenoxy) is 2. The van der Waals surface area contributed by atoms with E-state index >= 15 is 0 Å². The van der Waals surface area contributed by atoms with Gasteiger partial charge in [0.1, 0.15) is 0 Å². The third-order valence-corrected chi connectivity index (χ3v) is 4.31. The van der Waals surface area contributed by atoms with Crippen molar-refractivity contribution in [1.29, 1.82) is 0 Å². The molecule has 1 fully saturated rings. The van der Waals surface area contributed by atoms with E-state index in [4.69, 9.17) is 9.47 Å². The molecule has 1 saturated heterocycles. The highest BCUT2D eigenvalue weighted by Crippen LogP contribution is 2.25. The van der Waals surface area contributed by atoms with Gasteiger partial charge >= 0.3 is 11.7 Å². The number of amides is 2. The molecule has 0 aromatic heterocycles. The maximum atomic E-state index is 11.9. The molecule has 0 aliphatic carbocycles. The summed E-state index contributed by atoms with van der Waals surface area (Å²) in [5.41, 5.74) is 0.971. The highest BCUT2D eigenvalue weighted by Gasteiger charge is 2.21. The lowest BCUT2D eigenvalue weighted by Crippen LogP contribution is -2.24. The number of nitro benzene ring substituents is 1. The van der Waals surface area contributed by atoms with Crippen LogP contribution < -0.4 is 15.0 Å². The zero-order valence-electron chi connectivity index (χ0n) is 15.9. The van der Waals surface area contributed by atoms with Crippen LogP contribution in [0.3, 0.4) is 0 Å². The highest BCUT2D eigenvalue weighted by molar-refractivity contribution is 5.96. The summed E-state index contributed by atoms with van der Waals surface area (Å²) < 4.78 is 9.92. The first kappa shape index (κ1) is 20.8. The Bertz CT molecular complexity index is 959. The molecule has 10 heteroatoms. The summed E-state index contributed by atoms with van der Waals surface area (Å²) in [5, 5.41) is 13.5. The molecular weight excluding hydrogens is 394 g/mol. The Kier molecular flexibility index (Phi) is 6.58. The van der Waals surface area contributed by atoms with Crippen LogP contribution in [-0.4, -0.2) is 42.5 Å². The monoisotopic (exact) mass is 413 g/mol. The third kappa shape index (κ3) is 5.31. The van der Waals surface area contributed by atoms with Crippen LogP contribution in [0.2, 0.25) is 0 Å². The number of hydrogen-bond donors (Lipinski definition) is 1. The lowest BCUT2D eigenvalue weighted by atomic mass is 10.2. The number of nitrogens with one attached hydrogen (secondary N) is 1. The number of nitrogens with zero attached hydrogens (tertiary/aromatic N) is 2. The van der Waals surface area contributed by atoms with Crippen LogP contribution >= 0.6 is 0 Å². The van der Waals surface area contributed by atoms with Gasteiger partial charge < -0.3 is 19.7 Å². The SMILES string of the molecule is O=C(COC(=O)COc1ccccc1[N+](=O)[O-])Nc1ccc(N2CCCC2=O)cc1. The molecule has 2 amide bonds. The summed E-state index contributed by atoms with van der Waals surface area (Å²) in [4.78, 5) is 47.4. The van der Waals surface area contributed by atoms with E-state index in [1.54, 1.807) is 29.2 Å². The molecule has 0 saturated carbocycles. The van der Waals surface area contributed by atoms with Crippen LogP contribution in [0.5, 0.6) is 5.75 Å². The van der Waals surface area contributed by atoms with Crippen molar-refractivity contribution in [3.8, 4) is 5.75 Å². The van der Waals surface area contributed by atoms with Crippen molar-refractivity contribution in [2.24, 2.45) is 0 Å². The van der Waals surface area contributed by atoms with Crippen LogP contribution in [0.4, 0.5) is 17.1 Å². The number of carbonyl (C=O) groups is 3. The fraction of sp³-hybridized carbons (Fsp3) is 0.250. The van der Waals surface area contributed by atoms with Gasteiger partial charge in [0.15, 0.2) is 19.0 Å². The van der Waals surface area contributed by atoms with Gasteiger partial charge in [0.25, 0.3) is 5.91 Å². The Labute approximate surface area is 171 Å². The maximum absolute atomic E-state index is 11.9. The summed E-state index contributed by atoms with van der Waals surface area (Å²) in [6.07, 6.45) is 1.36. The van der Waals surface area contributed by atoms with Crippen LogP contribution in [-0.2, 0) is 19.1 Å². The fourth-order valence-corrected chi connectivity index (χ4v) is 2.90. The van der Waals surface area contributed by atoms with Gasteiger partial charge in [-0.05, 0) is 36.8 Å². The minimum absolute atomic E-state index is 0.0690. The molecule has 1 aliphatic rings. The second-order valence-corrected chi connectivity index (χ2v) is 6.42. The first-order valence-electron chi connectivity index (χ1n) is 9.16. The average molecular weight is 413 g/mol. The number of para-hydroxylation sites is 2. The molecule has 2 aromatic rings. The van der Waals surface area contributed by atoms with E-state index in [9.17, 15) is 24.5 Å². The fourth-order valence-electron chi connectivity index (χ4n) is 2.90. The molecule has 0 spiro atoms. The summed E-state index contributed by atoms with van der Waals surface area (Å²) in [6.45, 7) is -0.434. The van der Waals surface area contributed by atoms with Gasteiger partial charge in [-0.1, -0.05) is 12.1 Å². The van der Waals surface area contributed by atoms with Crippen molar-refractivity contribution in [3.05, 3.63) is 58.6 Å². The summed E-state index contributed by atoms with van der Waals surface area (Å²) in [6, 6.07) is 12.4. The predicted octanol–water partition coefficient (Wildman–Crippen LogP) is 2.28. The summed E-state index contributed by atoms with van der Waals surface area (Å²) >= 11 is 0. The maximum Gasteiger partial charge on any atom is 0.344 e. The molecule has 0 atom stereocenters. The number of carbonyl (C=O) groups excluding carboxylic acids is 3. The van der Waals surface area contributed by atoms with E-state index in [2.05, 4.69) is 5.32 Å². The van der Waals surface area contributed by atoms with Gasteiger partial charge in [0.2, 0.25) is 5.91 Å². The summed E-state index contributed by atoms with van der Waals surface area (Å²) in [5.74, 6) is -1.40. The first-order valence-corrected chi connectivity index (χ1v) is 9.16. The van der Waals surface area contributed by atoms with E-state index in [1.807, 2.05) is 0 Å². The van der Waals surface area contributed by atoms with Crippen molar-refractivity contribution in [3.63, 3.8) is 0 Å². The Balaban J connectivity index is 1.44. The molecule has 3 rings (SSSR count). The van der Waals surface area contributed by atoms with Gasteiger partial charge in [0, 0.05) is 30.4 Å². The smallest absolute Gasteiger partial charge is 0.344 e. The van der Waals surface area contributed by atoms with E-state index in [0.717, 1.165) is 12.1 Å². The van der Waals surface area contributed by atoms with Crippen molar-refractivity contribution < 1.29 is 28.8 Å². The molecule has 1 N–H and O–H groups in total. The number of rotatable bonds is 8. The van der Waals surface area contributed by atoms with Crippen molar-refractivity contribution in [2.45, 2.75) is 12.8 Å². The van der Waals surface area contributed by atoms with Gasteiger partial charge in [-0.3, -0.25) is 19.7 Å². The third-order valence-electron chi connectivity index (χ3n) is 4.31. The number of benzene rings is 2. The second kappa shape index (κ2) is 9.50. The molecule has 1 aliphatic heterocycles. The molecular formula is C20H19N3O7. The summed E-state index contributed by atoms with van der Waals surface area (Å²) in [7, 11) is 0. The number of hydrogen-bond acceptors (Lipinski definition) is 7. The zero-order chi connectivity index (χ0) is 21.5. The van der Waals surface area contributed by atoms with Crippen molar-refractivity contribution in [2.75, 3.05) is 30.0 Å². The standard InChI is InChI=1S/C20H19N3O7/c24-18(21-14-7-9-15(10-8-14)22-11-3-6-19(22)25)12-30-20(26)13-29-17-5-2-1-4-16(17)23(27)28/h1-2,4-5,7-10H,3,6,11-13H2,(H,21,24). The van der Waals surface area contributed by atoms with Crippen molar-refractivity contribution in [1.82, 2.24) is 0 Å². The number of anilines is 2. The van der Waals surface area contributed by atoms with Gasteiger partial charge in [-0.25, -0.2) is 4.79 Å². The lowest BCUT2D eigenvalue weighted by molar-refractivity contribution is -0.385. The average Bonchev–Trinajstić information content (AvgIpc) is 3.17. The van der Waals surface area contributed by atoms with Gasteiger partial charge in [-0.15, -0.1) is 0 Å². The van der Waals surface area contributed by atoms with Crippen LogP contribution in [0.25, 0.3) is 0 Å². The molecule has 2 aromatic carbocycles. The van der Waals surface area contributed by atoms with Gasteiger partial charge in [0.05, 0.1) is 4.92 Å². The Morgan fingerprint density at radius 1 is 1.10 bits per heavy atom. The van der Waals surface area contributed by atoms with E-state index < -0.39 is 30.0 Å². The molecule has 30 heavy (non-hydrogen) atoms. The molecule has 0 unspecified atom stereocenters. The quantitative estimate of drug-likeness (QED) is 0.399. The van der Waals surface area contributed by atoms with E-state index in [-0.39, 0.29) is 17.3 Å². The van der Waals surface area contributed by atoms with E-state index in [0.29, 0.717) is 18.7 Å². The largest absolute Gasteiger partial charge is 0.475 e. The normalized spacial score (nSPS) is 13.1. The minimum atomic E-state index is -0.841. The number of esters is 1. The second-order valence-electron chi connectivity index (χ2n) is 6.42. The zero-order valence-corrected chi connectivity index (χ0v) is 15.9. The first-order chi connectivity index (χ1) is 14.4. The molecule has 10 nitrogen and oxygen atoms in total. The Morgan fingerprint density at radius 2 is 1.83 bits per heavy atom. The Hall–Kier alpha value is -3.95. The Morgan fingerprint density at radius 3 is 2.50 bits per heavy atom. The molecule has 0 bridgehead atoms. The van der Waals surface area contributed by atoms with Crippen LogP contribution in [0.1, 0.15) is 12.8 Å². The number of nitro groups is 1. The van der Waals surface area contributed by atoms with E-state index in [1.165, 1.54) is 24.3 Å². The van der Waals surface area contributed by atoms with Gasteiger partial charge in [-0.2, -0.15) is 0 Å². The lowest BCUT2D eigenvalue weighted by Gasteiger charge is -2.16. The highest BCUT2D eigenvalue weighted by atomic mass is 16.6. The molecule has 0 radical (unpaired) electrons. The molecule has 1 heterocycles. The minimum Gasteiger partial charge on any atom is -0.475 e. The van der Waals surface area contributed by atoms with Crippen LogP contribution in [0.15, 0.2) is 48.5 Å².